The molecule has 0 atom stereocenters. The van der Waals surface area contributed by atoms with E-state index >= 15 is 0 Å². The minimum atomic E-state index is -0.543. The Bertz CT molecular complexity index is 727. The Morgan fingerprint density at radius 3 is 2.24 bits per heavy atom. The summed E-state index contributed by atoms with van der Waals surface area (Å²) in [7, 11) is 1.87. The molecule has 0 saturated carbocycles. The molecule has 106 valence electrons. The smallest absolute Gasteiger partial charge is 0.287 e. The highest BCUT2D eigenvalue weighted by atomic mass is 16.6. The predicted octanol–water partition coefficient (Wildman–Crippen LogP) is 3.85. The van der Waals surface area contributed by atoms with E-state index in [1.165, 1.54) is 12.1 Å². The number of rotatable bonds is 3. The zero-order chi connectivity index (χ0) is 15.6. The van der Waals surface area contributed by atoms with Crippen LogP contribution < -0.4 is 4.90 Å². The van der Waals surface area contributed by atoms with E-state index in [9.17, 15) is 10.1 Å². The predicted molar refractivity (Wildman–Crippen MR) is 81.8 cm³/mol. The van der Waals surface area contributed by atoms with Crippen LogP contribution in [0.2, 0.25) is 0 Å². The van der Waals surface area contributed by atoms with E-state index < -0.39 is 4.92 Å². The summed E-state index contributed by atoms with van der Waals surface area (Å²) in [6, 6.07) is 12.6. The first-order valence-electron chi connectivity index (χ1n) is 6.43. The Balaban J connectivity index is 2.46. The lowest BCUT2D eigenvalue weighted by molar-refractivity contribution is -0.385. The summed E-state index contributed by atoms with van der Waals surface area (Å²) in [6.07, 6.45) is 0. The van der Waals surface area contributed by atoms with Gasteiger partial charge in [-0.15, -0.1) is 0 Å². The zero-order valence-electron chi connectivity index (χ0n) is 12.1. The van der Waals surface area contributed by atoms with Gasteiger partial charge in [0, 0.05) is 24.5 Å². The lowest BCUT2D eigenvalue weighted by Crippen LogP contribution is -2.10. The molecule has 5 heteroatoms. The highest BCUT2D eigenvalue weighted by Gasteiger charge is 2.15. The number of aryl methyl sites for hydroxylation is 2. The van der Waals surface area contributed by atoms with Gasteiger partial charge < -0.3 is 4.90 Å². The second-order valence-electron chi connectivity index (χ2n) is 4.98. The van der Waals surface area contributed by atoms with Gasteiger partial charge in [0.2, 0.25) is 0 Å². The van der Waals surface area contributed by atoms with Crippen molar-refractivity contribution in [2.24, 2.45) is 0 Å². The summed E-state index contributed by atoms with van der Waals surface area (Å²) in [5.41, 5.74) is 3.88. The Morgan fingerprint density at radius 1 is 1.10 bits per heavy atom. The average molecular weight is 281 g/mol. The number of nitro groups is 1. The summed E-state index contributed by atoms with van der Waals surface area (Å²) in [5.74, 6) is 0. The quantitative estimate of drug-likeness (QED) is 0.633. The second kappa shape index (κ2) is 5.63. The maximum absolute atomic E-state index is 10.9. The van der Waals surface area contributed by atoms with E-state index in [1.807, 2.05) is 44.0 Å². The molecule has 0 N–H and O–H groups in total. The van der Waals surface area contributed by atoms with Crippen LogP contribution in [0.1, 0.15) is 16.7 Å². The van der Waals surface area contributed by atoms with Gasteiger partial charge in [0.25, 0.3) is 5.69 Å². The van der Waals surface area contributed by atoms with E-state index in [0.29, 0.717) is 0 Å². The molecule has 0 spiro atoms. The van der Waals surface area contributed by atoms with Crippen molar-refractivity contribution in [2.45, 2.75) is 13.8 Å². The number of anilines is 2. The third-order valence-electron chi connectivity index (χ3n) is 3.28. The third kappa shape index (κ3) is 3.00. The Morgan fingerprint density at radius 2 is 1.71 bits per heavy atom. The molecule has 0 aliphatic heterocycles. The fourth-order valence-corrected chi connectivity index (χ4v) is 2.27. The summed E-state index contributed by atoms with van der Waals surface area (Å²) >= 11 is 0. The van der Waals surface area contributed by atoms with Crippen LogP contribution in [0.4, 0.5) is 17.1 Å². The van der Waals surface area contributed by atoms with Gasteiger partial charge >= 0.3 is 0 Å². The number of benzene rings is 2. The van der Waals surface area contributed by atoms with Crippen molar-refractivity contribution in [3.8, 4) is 6.07 Å². The van der Waals surface area contributed by atoms with Gasteiger partial charge in [-0.05, 0) is 49.2 Å². The van der Waals surface area contributed by atoms with Gasteiger partial charge in [0.15, 0.2) is 0 Å². The summed E-state index contributed by atoms with van der Waals surface area (Å²) in [4.78, 5) is 12.2. The fourth-order valence-electron chi connectivity index (χ4n) is 2.27. The van der Waals surface area contributed by atoms with Gasteiger partial charge in [-0.1, -0.05) is 6.07 Å². The molecule has 0 aliphatic rings. The van der Waals surface area contributed by atoms with Crippen molar-refractivity contribution in [1.82, 2.24) is 0 Å². The second-order valence-corrected chi connectivity index (χ2v) is 4.98. The topological polar surface area (TPSA) is 70.2 Å². The van der Waals surface area contributed by atoms with Crippen LogP contribution >= 0.6 is 0 Å². The summed E-state index contributed by atoms with van der Waals surface area (Å²) in [6.45, 7) is 4.03. The molecule has 0 heterocycles. The lowest BCUT2D eigenvalue weighted by Gasteiger charge is -2.20. The largest absolute Gasteiger partial charge is 0.345 e. The molecule has 21 heavy (non-hydrogen) atoms. The van der Waals surface area contributed by atoms with Crippen LogP contribution in [-0.4, -0.2) is 12.0 Å². The van der Waals surface area contributed by atoms with Crippen LogP contribution in [0, 0.1) is 35.3 Å². The van der Waals surface area contributed by atoms with Gasteiger partial charge in [-0.25, -0.2) is 0 Å². The minimum absolute atomic E-state index is 0.0636. The lowest BCUT2D eigenvalue weighted by atomic mass is 10.1. The zero-order valence-corrected chi connectivity index (χ0v) is 12.1. The first-order valence-corrected chi connectivity index (χ1v) is 6.43. The monoisotopic (exact) mass is 281 g/mol. The van der Waals surface area contributed by atoms with Crippen molar-refractivity contribution in [3.05, 3.63) is 63.2 Å². The molecular formula is C16H15N3O2. The van der Waals surface area contributed by atoms with Gasteiger partial charge in [-0.3, -0.25) is 10.1 Å². The van der Waals surface area contributed by atoms with Crippen LogP contribution in [0.15, 0.2) is 36.4 Å². The van der Waals surface area contributed by atoms with E-state index in [-0.39, 0.29) is 11.3 Å². The molecule has 0 bridgehead atoms. The van der Waals surface area contributed by atoms with Crippen LogP contribution in [-0.2, 0) is 0 Å². The average Bonchev–Trinajstić information content (AvgIpc) is 2.44. The highest BCUT2D eigenvalue weighted by molar-refractivity contribution is 5.68. The number of nitro benzene ring substituents is 1. The SMILES string of the molecule is Cc1cc(C)cc(N(C)c2ccc([N+](=O)[O-])c(C#N)c2)c1. The standard InChI is InChI=1S/C16H15N3O2/c1-11-6-12(2)8-15(7-11)18(3)14-4-5-16(19(20)21)13(9-14)10-17/h4-9H,1-3H3. The van der Waals surface area contributed by atoms with Crippen molar-refractivity contribution in [1.29, 1.82) is 5.26 Å². The van der Waals surface area contributed by atoms with Crippen molar-refractivity contribution in [2.75, 3.05) is 11.9 Å². The normalized spacial score (nSPS) is 10.0. The summed E-state index contributed by atoms with van der Waals surface area (Å²) in [5, 5.41) is 19.9. The first kappa shape index (κ1) is 14.5. The maximum Gasteiger partial charge on any atom is 0.287 e. The molecule has 0 aromatic heterocycles. The number of hydrogen-bond donors (Lipinski definition) is 0. The van der Waals surface area contributed by atoms with Crippen molar-refractivity contribution < 1.29 is 4.92 Å². The van der Waals surface area contributed by atoms with Crippen LogP contribution in [0.3, 0.4) is 0 Å². The molecule has 2 rings (SSSR count). The highest BCUT2D eigenvalue weighted by Crippen LogP contribution is 2.29. The van der Waals surface area contributed by atoms with E-state index in [2.05, 4.69) is 6.07 Å². The first-order chi connectivity index (χ1) is 9.92. The molecular weight excluding hydrogens is 266 g/mol. The molecule has 0 fully saturated rings. The fraction of sp³-hybridized carbons (Fsp3) is 0.188. The summed E-state index contributed by atoms with van der Waals surface area (Å²) < 4.78 is 0. The Labute approximate surface area is 123 Å². The van der Waals surface area contributed by atoms with E-state index in [1.54, 1.807) is 6.07 Å². The van der Waals surface area contributed by atoms with Crippen LogP contribution in [0.25, 0.3) is 0 Å². The van der Waals surface area contributed by atoms with E-state index in [4.69, 9.17) is 5.26 Å². The van der Waals surface area contributed by atoms with Gasteiger partial charge in [0.1, 0.15) is 11.6 Å². The molecule has 0 aliphatic carbocycles. The van der Waals surface area contributed by atoms with E-state index in [0.717, 1.165) is 22.5 Å². The third-order valence-corrected chi connectivity index (χ3v) is 3.28. The van der Waals surface area contributed by atoms with Crippen molar-refractivity contribution in [3.63, 3.8) is 0 Å². The Hall–Kier alpha value is -2.87. The van der Waals surface area contributed by atoms with Gasteiger partial charge in [-0.2, -0.15) is 5.26 Å². The molecule has 2 aromatic rings. The molecule has 0 saturated heterocycles. The number of nitriles is 1. The van der Waals surface area contributed by atoms with Gasteiger partial charge in [0.05, 0.1) is 4.92 Å². The minimum Gasteiger partial charge on any atom is -0.345 e. The molecule has 2 aromatic carbocycles. The molecule has 0 radical (unpaired) electrons. The van der Waals surface area contributed by atoms with Crippen molar-refractivity contribution >= 4 is 17.1 Å². The molecule has 0 unspecified atom stereocenters. The number of hydrogen-bond acceptors (Lipinski definition) is 4. The van der Waals surface area contributed by atoms with Crippen LogP contribution in [0.5, 0.6) is 0 Å². The number of nitrogens with zero attached hydrogens (tertiary/aromatic N) is 3. The Kier molecular flexibility index (Phi) is 3.90. The molecule has 5 nitrogen and oxygen atoms in total. The molecule has 0 amide bonds. The maximum atomic E-state index is 10.9.